The lowest BCUT2D eigenvalue weighted by molar-refractivity contribution is 0.211. The van der Waals surface area contributed by atoms with Crippen molar-refractivity contribution in [2.45, 2.75) is 32.7 Å². The Kier molecular flexibility index (Phi) is 5.38. The van der Waals surface area contributed by atoms with Crippen LogP contribution in [0.25, 0.3) is 0 Å². The molecule has 0 radical (unpaired) electrons. The zero-order chi connectivity index (χ0) is 14.5. The van der Waals surface area contributed by atoms with E-state index in [1.807, 2.05) is 6.20 Å². The first kappa shape index (κ1) is 15.3. The predicted octanol–water partition coefficient (Wildman–Crippen LogP) is 2.97. The van der Waals surface area contributed by atoms with E-state index in [1.165, 1.54) is 5.56 Å². The summed E-state index contributed by atoms with van der Waals surface area (Å²) in [6.45, 7) is 7.99. The molecule has 2 heterocycles. The molecule has 1 saturated heterocycles. The smallest absolute Gasteiger partial charge is 0.131 e. The van der Waals surface area contributed by atoms with Crippen molar-refractivity contribution in [3.05, 3.63) is 22.3 Å². The Morgan fingerprint density at radius 3 is 2.65 bits per heavy atom. The fraction of sp³-hybridized carbons (Fsp3) is 0.600. The van der Waals surface area contributed by atoms with Crippen molar-refractivity contribution >= 4 is 21.7 Å². The maximum atomic E-state index is 9.24. The van der Waals surface area contributed by atoms with E-state index in [9.17, 15) is 5.26 Å². The quantitative estimate of drug-likeness (QED) is 0.847. The minimum atomic E-state index is 0.0705. The number of hydrogen-bond donors (Lipinski definition) is 0. The SMILES string of the molecule is CCCC(C#N)N1CCN(c2ncc(Br)cc2C)CC1. The highest BCUT2D eigenvalue weighted by Crippen LogP contribution is 2.22. The highest BCUT2D eigenvalue weighted by molar-refractivity contribution is 9.10. The number of pyridine rings is 1. The summed E-state index contributed by atoms with van der Waals surface area (Å²) >= 11 is 3.45. The number of halogens is 1. The Morgan fingerprint density at radius 2 is 2.10 bits per heavy atom. The molecule has 0 saturated carbocycles. The lowest BCUT2D eigenvalue weighted by atomic mass is 10.1. The van der Waals surface area contributed by atoms with Gasteiger partial charge >= 0.3 is 0 Å². The first-order chi connectivity index (χ1) is 9.65. The molecule has 1 aromatic heterocycles. The van der Waals surface area contributed by atoms with Crippen LogP contribution in [0, 0.1) is 18.3 Å². The van der Waals surface area contributed by atoms with Crippen LogP contribution in [0.5, 0.6) is 0 Å². The molecule has 0 spiro atoms. The lowest BCUT2D eigenvalue weighted by Crippen LogP contribution is -2.50. The third-order valence-corrected chi connectivity index (χ3v) is 4.22. The van der Waals surface area contributed by atoms with E-state index in [0.717, 1.165) is 49.3 Å². The highest BCUT2D eigenvalue weighted by Gasteiger charge is 2.24. The van der Waals surface area contributed by atoms with Crippen LogP contribution < -0.4 is 4.90 Å². The third kappa shape index (κ3) is 3.50. The zero-order valence-corrected chi connectivity index (χ0v) is 13.7. The van der Waals surface area contributed by atoms with Crippen LogP contribution in [-0.2, 0) is 0 Å². The molecule has 2 rings (SSSR count). The molecule has 0 aliphatic carbocycles. The molecule has 0 aromatic carbocycles. The minimum absolute atomic E-state index is 0.0705. The van der Waals surface area contributed by atoms with Gasteiger partial charge in [0.1, 0.15) is 5.82 Å². The Labute approximate surface area is 129 Å². The fourth-order valence-electron chi connectivity index (χ4n) is 2.71. The Balaban J connectivity index is 1.99. The standard InChI is InChI=1S/C15H21BrN4/c1-3-4-14(10-17)19-5-7-20(8-6-19)15-12(2)9-13(16)11-18-15/h9,11,14H,3-8H2,1-2H3. The van der Waals surface area contributed by atoms with Crippen molar-refractivity contribution in [1.29, 1.82) is 5.26 Å². The van der Waals surface area contributed by atoms with Gasteiger partial charge in [-0.3, -0.25) is 4.90 Å². The van der Waals surface area contributed by atoms with Gasteiger partial charge in [-0.2, -0.15) is 5.26 Å². The van der Waals surface area contributed by atoms with E-state index < -0.39 is 0 Å². The number of anilines is 1. The van der Waals surface area contributed by atoms with Crippen molar-refractivity contribution < 1.29 is 0 Å². The number of nitrogens with zero attached hydrogens (tertiary/aromatic N) is 4. The molecule has 1 aromatic rings. The molecule has 0 amide bonds. The molecular weight excluding hydrogens is 316 g/mol. The number of aryl methyl sites for hydroxylation is 1. The van der Waals surface area contributed by atoms with Crippen LogP contribution >= 0.6 is 15.9 Å². The van der Waals surface area contributed by atoms with Gasteiger partial charge < -0.3 is 4.90 Å². The van der Waals surface area contributed by atoms with E-state index in [1.54, 1.807) is 0 Å². The molecule has 108 valence electrons. The van der Waals surface area contributed by atoms with Gasteiger partial charge in [0.05, 0.1) is 12.1 Å². The molecule has 20 heavy (non-hydrogen) atoms. The summed E-state index contributed by atoms with van der Waals surface area (Å²) in [6.07, 6.45) is 3.88. The monoisotopic (exact) mass is 336 g/mol. The molecule has 1 fully saturated rings. The molecule has 1 aliphatic heterocycles. The van der Waals surface area contributed by atoms with Crippen molar-refractivity contribution in [3.63, 3.8) is 0 Å². The number of aromatic nitrogens is 1. The molecule has 1 atom stereocenters. The van der Waals surface area contributed by atoms with Crippen LogP contribution in [0.15, 0.2) is 16.7 Å². The molecule has 1 aliphatic rings. The van der Waals surface area contributed by atoms with Crippen LogP contribution in [0.1, 0.15) is 25.3 Å². The number of nitriles is 1. The van der Waals surface area contributed by atoms with Gasteiger partial charge in [0.25, 0.3) is 0 Å². The molecule has 0 bridgehead atoms. The Morgan fingerprint density at radius 1 is 1.40 bits per heavy atom. The maximum Gasteiger partial charge on any atom is 0.131 e. The van der Waals surface area contributed by atoms with Crippen molar-refractivity contribution in [1.82, 2.24) is 9.88 Å². The summed E-state index contributed by atoms with van der Waals surface area (Å²) in [7, 11) is 0. The Bertz CT molecular complexity index is 489. The van der Waals surface area contributed by atoms with Crippen molar-refractivity contribution in [2.24, 2.45) is 0 Å². The zero-order valence-electron chi connectivity index (χ0n) is 12.1. The highest BCUT2D eigenvalue weighted by atomic mass is 79.9. The second kappa shape index (κ2) is 7.05. The summed E-state index contributed by atoms with van der Waals surface area (Å²) < 4.78 is 1.02. The topological polar surface area (TPSA) is 43.2 Å². The maximum absolute atomic E-state index is 9.24. The van der Waals surface area contributed by atoms with Gasteiger partial charge in [0, 0.05) is 36.8 Å². The first-order valence-corrected chi connectivity index (χ1v) is 7.95. The van der Waals surface area contributed by atoms with Gasteiger partial charge in [0.15, 0.2) is 0 Å². The normalized spacial score (nSPS) is 17.8. The summed E-state index contributed by atoms with van der Waals surface area (Å²) in [5.41, 5.74) is 1.19. The van der Waals surface area contributed by atoms with Gasteiger partial charge in [-0.15, -0.1) is 0 Å². The van der Waals surface area contributed by atoms with E-state index >= 15 is 0 Å². The largest absolute Gasteiger partial charge is 0.354 e. The summed E-state index contributed by atoms with van der Waals surface area (Å²) in [5.74, 6) is 1.07. The van der Waals surface area contributed by atoms with Crippen LogP contribution in [0.4, 0.5) is 5.82 Å². The van der Waals surface area contributed by atoms with Crippen molar-refractivity contribution in [3.8, 4) is 6.07 Å². The van der Waals surface area contributed by atoms with E-state index in [0.29, 0.717) is 0 Å². The molecular formula is C15H21BrN4. The average Bonchev–Trinajstić information content (AvgIpc) is 2.45. The fourth-order valence-corrected chi connectivity index (χ4v) is 3.16. The van der Waals surface area contributed by atoms with Crippen molar-refractivity contribution in [2.75, 3.05) is 31.1 Å². The van der Waals surface area contributed by atoms with Gasteiger partial charge in [-0.25, -0.2) is 4.98 Å². The first-order valence-electron chi connectivity index (χ1n) is 7.16. The minimum Gasteiger partial charge on any atom is -0.354 e. The van der Waals surface area contributed by atoms with E-state index in [4.69, 9.17) is 0 Å². The molecule has 4 nitrogen and oxygen atoms in total. The second-order valence-electron chi connectivity index (χ2n) is 5.25. The van der Waals surface area contributed by atoms with E-state index in [2.05, 4.69) is 56.7 Å². The second-order valence-corrected chi connectivity index (χ2v) is 6.17. The number of piperazine rings is 1. The van der Waals surface area contributed by atoms with Gasteiger partial charge in [0.2, 0.25) is 0 Å². The number of hydrogen-bond acceptors (Lipinski definition) is 4. The average molecular weight is 337 g/mol. The summed E-state index contributed by atoms with van der Waals surface area (Å²) in [5, 5.41) is 9.24. The van der Waals surface area contributed by atoms with Gasteiger partial charge in [-0.1, -0.05) is 13.3 Å². The third-order valence-electron chi connectivity index (χ3n) is 3.78. The lowest BCUT2D eigenvalue weighted by Gasteiger charge is -2.38. The van der Waals surface area contributed by atoms with Gasteiger partial charge in [-0.05, 0) is 40.9 Å². The Hall–Kier alpha value is -1.12. The molecule has 0 N–H and O–H groups in total. The molecule has 5 heteroatoms. The predicted molar refractivity (Wildman–Crippen MR) is 84.8 cm³/mol. The summed E-state index contributed by atoms with van der Waals surface area (Å²) in [4.78, 5) is 9.14. The number of rotatable bonds is 4. The van der Waals surface area contributed by atoms with Crippen LogP contribution in [0.3, 0.4) is 0 Å². The molecule has 1 unspecified atom stereocenters. The van der Waals surface area contributed by atoms with E-state index in [-0.39, 0.29) is 6.04 Å². The van der Waals surface area contributed by atoms with Crippen LogP contribution in [-0.4, -0.2) is 42.1 Å². The van der Waals surface area contributed by atoms with Crippen LogP contribution in [0.2, 0.25) is 0 Å². The summed E-state index contributed by atoms with van der Waals surface area (Å²) in [6, 6.07) is 4.60.